The first kappa shape index (κ1) is 19.1. The van der Waals surface area contributed by atoms with Crippen LogP contribution in [0.3, 0.4) is 0 Å². The number of guanidine groups is 1. The minimum Gasteiger partial charge on any atom is -0.380 e. The van der Waals surface area contributed by atoms with Crippen LogP contribution in [0.1, 0.15) is 11.8 Å². The van der Waals surface area contributed by atoms with Crippen LogP contribution in [0.4, 0.5) is 0 Å². The standard InChI is InChI=1S/C12H20BrN3OS.HI/c1-3-17-9-8-16-12(14-2)15-7-6-10-4-5-11(13)18-10;/h4-5H,3,6-9H2,1-2H3,(H2,14,15,16);1H. The minimum atomic E-state index is 0. The Labute approximate surface area is 144 Å². The summed E-state index contributed by atoms with van der Waals surface area (Å²) in [6, 6.07) is 4.22. The lowest BCUT2D eigenvalue weighted by Gasteiger charge is -2.11. The third-order valence-electron chi connectivity index (χ3n) is 2.26. The molecule has 1 aromatic rings. The second-order valence-electron chi connectivity index (χ2n) is 3.58. The van der Waals surface area contributed by atoms with Gasteiger partial charge in [-0.15, -0.1) is 35.3 Å². The van der Waals surface area contributed by atoms with Gasteiger partial charge in [-0.3, -0.25) is 4.99 Å². The zero-order chi connectivity index (χ0) is 13.2. The summed E-state index contributed by atoms with van der Waals surface area (Å²) in [6.07, 6.45) is 1.00. The van der Waals surface area contributed by atoms with Gasteiger partial charge in [0.2, 0.25) is 0 Å². The maximum Gasteiger partial charge on any atom is 0.191 e. The van der Waals surface area contributed by atoms with Crippen LogP contribution < -0.4 is 10.6 Å². The van der Waals surface area contributed by atoms with E-state index in [0.29, 0.717) is 6.61 Å². The van der Waals surface area contributed by atoms with Crippen LogP contribution in [0.5, 0.6) is 0 Å². The number of nitrogens with one attached hydrogen (secondary N) is 2. The van der Waals surface area contributed by atoms with Crippen LogP contribution >= 0.6 is 51.2 Å². The highest BCUT2D eigenvalue weighted by Crippen LogP contribution is 2.21. The van der Waals surface area contributed by atoms with Gasteiger partial charge in [0, 0.05) is 31.6 Å². The monoisotopic (exact) mass is 461 g/mol. The average Bonchev–Trinajstić information content (AvgIpc) is 2.78. The lowest BCUT2D eigenvalue weighted by atomic mass is 10.3. The number of nitrogens with zero attached hydrogens (tertiary/aromatic N) is 1. The molecule has 0 bridgehead atoms. The summed E-state index contributed by atoms with van der Waals surface area (Å²) in [5.41, 5.74) is 0. The molecule has 0 radical (unpaired) electrons. The number of rotatable bonds is 7. The largest absolute Gasteiger partial charge is 0.380 e. The van der Waals surface area contributed by atoms with E-state index in [1.54, 1.807) is 18.4 Å². The molecule has 1 heterocycles. The van der Waals surface area contributed by atoms with E-state index in [0.717, 1.165) is 32.1 Å². The molecule has 0 saturated heterocycles. The Morgan fingerprint density at radius 1 is 1.37 bits per heavy atom. The second-order valence-corrected chi connectivity index (χ2v) is 6.13. The van der Waals surface area contributed by atoms with Crippen molar-refractivity contribution in [1.82, 2.24) is 10.6 Å². The molecule has 2 N–H and O–H groups in total. The highest BCUT2D eigenvalue weighted by molar-refractivity contribution is 14.0. The summed E-state index contributed by atoms with van der Waals surface area (Å²) >= 11 is 5.23. The van der Waals surface area contributed by atoms with Crippen molar-refractivity contribution in [3.8, 4) is 0 Å². The molecular weight excluding hydrogens is 441 g/mol. The number of aliphatic imine (C=N–C) groups is 1. The van der Waals surface area contributed by atoms with Crippen LogP contribution in [-0.4, -0.2) is 39.3 Å². The van der Waals surface area contributed by atoms with Gasteiger partial charge in [0.05, 0.1) is 10.4 Å². The van der Waals surface area contributed by atoms with E-state index in [4.69, 9.17) is 4.74 Å². The average molecular weight is 462 g/mol. The molecule has 0 fully saturated rings. The smallest absolute Gasteiger partial charge is 0.191 e. The normalized spacial score (nSPS) is 11.0. The third-order valence-corrected chi connectivity index (χ3v) is 3.94. The maximum atomic E-state index is 5.26. The Balaban J connectivity index is 0.00000324. The van der Waals surface area contributed by atoms with E-state index in [9.17, 15) is 0 Å². The van der Waals surface area contributed by atoms with Gasteiger partial charge < -0.3 is 15.4 Å². The fraction of sp³-hybridized carbons (Fsp3) is 0.583. The Kier molecular flexibility index (Phi) is 12.0. The van der Waals surface area contributed by atoms with Gasteiger partial charge in [0.1, 0.15) is 0 Å². The molecule has 1 aromatic heterocycles. The first-order valence-electron chi connectivity index (χ1n) is 6.02. The lowest BCUT2D eigenvalue weighted by Crippen LogP contribution is -2.39. The quantitative estimate of drug-likeness (QED) is 0.284. The van der Waals surface area contributed by atoms with Crippen LogP contribution in [0, 0.1) is 0 Å². The molecule has 0 saturated carbocycles. The van der Waals surface area contributed by atoms with E-state index in [1.165, 1.54) is 8.66 Å². The molecule has 0 aromatic carbocycles. The highest BCUT2D eigenvalue weighted by atomic mass is 127. The van der Waals surface area contributed by atoms with Gasteiger partial charge in [0.15, 0.2) is 5.96 Å². The van der Waals surface area contributed by atoms with Crippen LogP contribution in [-0.2, 0) is 11.2 Å². The summed E-state index contributed by atoms with van der Waals surface area (Å²) in [5, 5.41) is 6.48. The van der Waals surface area contributed by atoms with Crippen LogP contribution in [0.2, 0.25) is 0 Å². The van der Waals surface area contributed by atoms with Crippen molar-refractivity contribution in [1.29, 1.82) is 0 Å². The molecule has 1 rings (SSSR count). The summed E-state index contributed by atoms with van der Waals surface area (Å²) in [4.78, 5) is 5.52. The van der Waals surface area contributed by atoms with Crippen molar-refractivity contribution in [2.24, 2.45) is 4.99 Å². The zero-order valence-electron chi connectivity index (χ0n) is 11.2. The molecular formula is C12H21BrIN3OS. The predicted octanol–water partition coefficient (Wildman–Crippen LogP) is 2.87. The van der Waals surface area contributed by atoms with E-state index in [-0.39, 0.29) is 24.0 Å². The molecule has 0 atom stereocenters. The summed E-state index contributed by atoms with van der Waals surface area (Å²) in [5.74, 6) is 0.824. The molecule has 4 nitrogen and oxygen atoms in total. The van der Waals surface area contributed by atoms with Crippen molar-refractivity contribution >= 4 is 57.2 Å². The maximum absolute atomic E-state index is 5.26. The topological polar surface area (TPSA) is 45.6 Å². The van der Waals surface area contributed by atoms with Gasteiger partial charge in [-0.05, 0) is 41.4 Å². The predicted molar refractivity (Wildman–Crippen MR) is 97.0 cm³/mol. The Hall–Kier alpha value is 0.140. The van der Waals surface area contributed by atoms with Gasteiger partial charge in [-0.2, -0.15) is 0 Å². The van der Waals surface area contributed by atoms with Crippen LogP contribution in [0.25, 0.3) is 0 Å². The van der Waals surface area contributed by atoms with Gasteiger partial charge in [0.25, 0.3) is 0 Å². The van der Waals surface area contributed by atoms with E-state index < -0.39 is 0 Å². The number of thiophene rings is 1. The molecule has 0 aliphatic rings. The molecule has 0 spiro atoms. The number of ether oxygens (including phenoxy) is 1. The fourth-order valence-corrected chi connectivity index (χ4v) is 2.88. The van der Waals surface area contributed by atoms with E-state index in [2.05, 4.69) is 43.7 Å². The Morgan fingerprint density at radius 2 is 2.11 bits per heavy atom. The summed E-state index contributed by atoms with van der Waals surface area (Å²) < 4.78 is 6.43. The first-order chi connectivity index (χ1) is 8.76. The molecule has 7 heteroatoms. The van der Waals surface area contributed by atoms with E-state index in [1.807, 2.05) is 6.92 Å². The Morgan fingerprint density at radius 3 is 2.68 bits per heavy atom. The Bertz CT molecular complexity index is 374. The molecule has 0 aliphatic carbocycles. The minimum absolute atomic E-state index is 0. The second kappa shape index (κ2) is 11.9. The summed E-state index contributed by atoms with van der Waals surface area (Å²) in [6.45, 7) is 5.10. The van der Waals surface area contributed by atoms with Gasteiger partial charge in [-0.1, -0.05) is 0 Å². The summed E-state index contributed by atoms with van der Waals surface area (Å²) in [7, 11) is 1.78. The van der Waals surface area contributed by atoms with Gasteiger partial charge in [-0.25, -0.2) is 0 Å². The van der Waals surface area contributed by atoms with Crippen molar-refractivity contribution in [2.75, 3.05) is 33.4 Å². The van der Waals surface area contributed by atoms with Crippen molar-refractivity contribution in [3.63, 3.8) is 0 Å². The molecule has 19 heavy (non-hydrogen) atoms. The molecule has 0 amide bonds. The van der Waals surface area contributed by atoms with Crippen molar-refractivity contribution in [3.05, 3.63) is 20.8 Å². The molecule has 0 unspecified atom stereocenters. The molecule has 0 aliphatic heterocycles. The van der Waals surface area contributed by atoms with Crippen molar-refractivity contribution < 1.29 is 4.74 Å². The number of halogens is 2. The van der Waals surface area contributed by atoms with Crippen molar-refractivity contribution in [2.45, 2.75) is 13.3 Å². The number of hydrogen-bond acceptors (Lipinski definition) is 3. The SMILES string of the molecule is CCOCCNC(=NC)NCCc1ccc(Br)s1.I. The van der Waals surface area contributed by atoms with E-state index >= 15 is 0 Å². The van der Waals surface area contributed by atoms with Gasteiger partial charge >= 0.3 is 0 Å². The first-order valence-corrected chi connectivity index (χ1v) is 7.63. The molecule has 110 valence electrons. The zero-order valence-corrected chi connectivity index (χ0v) is 16.0. The third kappa shape index (κ3) is 8.83. The van der Waals surface area contributed by atoms with Crippen LogP contribution in [0.15, 0.2) is 20.9 Å². The highest BCUT2D eigenvalue weighted by Gasteiger charge is 1.99. The fourth-order valence-electron chi connectivity index (χ4n) is 1.40. The number of hydrogen-bond donors (Lipinski definition) is 2. The lowest BCUT2D eigenvalue weighted by molar-refractivity contribution is 0.152.